The van der Waals surface area contributed by atoms with Crippen LogP contribution in [0.15, 0.2) is 140 Å². The Morgan fingerprint density at radius 2 is 1.14 bits per heavy atom. The number of pyridine rings is 1. The molecule has 0 atom stereocenters. The van der Waals surface area contributed by atoms with Crippen LogP contribution in [0.1, 0.15) is 52.7 Å². The van der Waals surface area contributed by atoms with Crippen molar-refractivity contribution in [2.75, 3.05) is 0 Å². The molecule has 3 aromatic heterocycles. The van der Waals surface area contributed by atoms with Gasteiger partial charge in [0.25, 0.3) is 0 Å². The van der Waals surface area contributed by atoms with E-state index in [9.17, 15) is 0 Å². The Balaban J connectivity index is 1.27. The smallest absolute Gasteiger partial charge is 0.168 e. The molecule has 0 bridgehead atoms. The van der Waals surface area contributed by atoms with E-state index >= 15 is 0 Å². The lowest BCUT2D eigenvalue weighted by Gasteiger charge is -2.21. The topological polar surface area (TPSA) is 36.9 Å². The molecule has 0 radical (unpaired) electrons. The Morgan fingerprint density at radius 3 is 1.86 bits per heavy atom. The molecule has 8 rings (SSSR count). The van der Waals surface area contributed by atoms with Gasteiger partial charge in [-0.25, -0.2) is 4.98 Å². The van der Waals surface area contributed by atoms with Crippen LogP contribution in [0, 0.1) is 0 Å². The van der Waals surface area contributed by atoms with Crippen molar-refractivity contribution >= 4 is 32.8 Å². The van der Waals surface area contributed by atoms with Crippen LogP contribution in [-0.4, -0.2) is 18.7 Å². The van der Waals surface area contributed by atoms with Crippen molar-refractivity contribution in [2.24, 2.45) is 0 Å². The number of ether oxygens (including phenoxy) is 1. The lowest BCUT2D eigenvalue weighted by atomic mass is 9.86. The molecule has 0 unspecified atom stereocenters. The van der Waals surface area contributed by atoms with E-state index in [0.29, 0.717) is 0 Å². The van der Waals surface area contributed by atoms with E-state index in [1.807, 2.05) is 6.20 Å². The summed E-state index contributed by atoms with van der Waals surface area (Å²) in [5.74, 6) is 2.47. The zero-order chi connectivity index (χ0) is 33.9. The van der Waals surface area contributed by atoms with Gasteiger partial charge in [0.2, 0.25) is 0 Å². The molecule has 242 valence electrons. The Kier molecular flexibility index (Phi) is 7.18. The molecular weight excluding hydrogens is 601 g/mol. The van der Waals surface area contributed by atoms with Gasteiger partial charge in [-0.05, 0) is 70.5 Å². The highest BCUT2D eigenvalue weighted by atomic mass is 16.5. The Morgan fingerprint density at radius 1 is 0.510 bits per heavy atom. The van der Waals surface area contributed by atoms with E-state index in [-0.39, 0.29) is 10.8 Å². The van der Waals surface area contributed by atoms with E-state index in [1.165, 1.54) is 21.9 Å². The van der Waals surface area contributed by atoms with E-state index < -0.39 is 0 Å². The maximum absolute atomic E-state index is 6.80. The fourth-order valence-electron chi connectivity index (χ4n) is 6.73. The standard InChI is InChI=1S/C44H41N4O/c1-43(2,3)30-22-23-45-42(26-30)48-38-17-11-10-16-36(38)37-21-20-34(28-41(37)48)49-35-25-31(44(4,5)6)24-33(27-35)47-29-46(32-14-8-7-9-15-32)39-18-12-13-19-40(39)47/h7-29H,1-6H3/q+1. The zero-order valence-electron chi connectivity index (χ0n) is 29.0. The third kappa shape index (κ3) is 5.55. The summed E-state index contributed by atoms with van der Waals surface area (Å²) >= 11 is 0. The third-order valence-corrected chi connectivity index (χ3v) is 9.42. The molecule has 0 aliphatic heterocycles. The monoisotopic (exact) mass is 641 g/mol. The summed E-state index contributed by atoms with van der Waals surface area (Å²) in [5, 5.41) is 2.36. The number of aromatic nitrogens is 4. The van der Waals surface area contributed by atoms with E-state index in [1.54, 1.807) is 0 Å². The molecule has 0 N–H and O–H groups in total. The van der Waals surface area contributed by atoms with Crippen LogP contribution in [0.25, 0.3) is 50.0 Å². The average molecular weight is 642 g/mol. The predicted molar refractivity (Wildman–Crippen MR) is 203 cm³/mol. The molecule has 0 saturated heterocycles. The van der Waals surface area contributed by atoms with Crippen LogP contribution in [0.2, 0.25) is 0 Å². The summed E-state index contributed by atoms with van der Waals surface area (Å²) in [6, 6.07) is 44.9. The number of nitrogens with zero attached hydrogens (tertiary/aromatic N) is 4. The first kappa shape index (κ1) is 30.6. The highest BCUT2D eigenvalue weighted by Crippen LogP contribution is 2.38. The minimum atomic E-state index is -0.0907. The molecule has 5 nitrogen and oxygen atoms in total. The normalized spacial score (nSPS) is 12.3. The molecule has 5 heteroatoms. The molecule has 0 saturated carbocycles. The Labute approximate surface area is 287 Å². The fraction of sp³-hybridized carbons (Fsp3) is 0.182. The highest BCUT2D eigenvalue weighted by Gasteiger charge is 2.23. The molecule has 3 heterocycles. The first-order valence-corrected chi connectivity index (χ1v) is 17.0. The van der Waals surface area contributed by atoms with E-state index in [4.69, 9.17) is 9.72 Å². The highest BCUT2D eigenvalue weighted by molar-refractivity contribution is 6.09. The maximum atomic E-state index is 6.80. The summed E-state index contributed by atoms with van der Waals surface area (Å²) in [6.07, 6.45) is 4.09. The number of para-hydroxylation sites is 4. The molecule has 8 aromatic rings. The van der Waals surface area contributed by atoms with Crippen LogP contribution in [0.5, 0.6) is 11.5 Å². The van der Waals surface area contributed by atoms with E-state index in [2.05, 4.69) is 189 Å². The molecular formula is C44H41N4O+. The average Bonchev–Trinajstić information content (AvgIpc) is 3.64. The van der Waals surface area contributed by atoms with Crippen molar-refractivity contribution in [3.63, 3.8) is 0 Å². The van der Waals surface area contributed by atoms with Crippen molar-refractivity contribution in [3.05, 3.63) is 151 Å². The SMILES string of the molecule is CC(C)(C)c1cc(Oc2ccc3c4ccccc4n(-c4cc(C(C)(C)C)ccn4)c3c2)cc(-n2[cH+]n(-c3ccccc3)c3ccccc32)c1. The zero-order valence-corrected chi connectivity index (χ0v) is 29.0. The summed E-state index contributed by atoms with van der Waals surface area (Å²) in [4.78, 5) is 4.86. The van der Waals surface area contributed by atoms with Gasteiger partial charge in [-0.1, -0.05) is 90.1 Å². The number of hydrogen-bond acceptors (Lipinski definition) is 2. The number of benzene rings is 5. The molecule has 49 heavy (non-hydrogen) atoms. The number of fused-ring (bicyclic) bond motifs is 4. The predicted octanol–water partition coefficient (Wildman–Crippen LogP) is 11.6. The van der Waals surface area contributed by atoms with E-state index in [0.717, 1.165) is 50.8 Å². The third-order valence-electron chi connectivity index (χ3n) is 9.42. The van der Waals surface area contributed by atoms with Crippen molar-refractivity contribution in [1.82, 2.24) is 18.7 Å². The van der Waals surface area contributed by atoms with Gasteiger partial charge in [-0.2, -0.15) is 9.13 Å². The van der Waals surface area contributed by atoms with Crippen LogP contribution in [-0.2, 0) is 10.8 Å². The lowest BCUT2D eigenvalue weighted by molar-refractivity contribution is 0.479. The van der Waals surface area contributed by atoms with Gasteiger partial charge in [0.05, 0.1) is 11.0 Å². The number of hydrogen-bond donors (Lipinski definition) is 0. The molecule has 0 spiro atoms. The van der Waals surface area contributed by atoms with Gasteiger partial charge in [0.1, 0.15) is 28.7 Å². The van der Waals surface area contributed by atoms with Crippen LogP contribution >= 0.6 is 0 Å². The second kappa shape index (κ2) is 11.5. The molecule has 0 aliphatic rings. The van der Waals surface area contributed by atoms with Crippen molar-refractivity contribution < 1.29 is 4.74 Å². The second-order valence-corrected chi connectivity index (χ2v) is 14.9. The fourth-order valence-corrected chi connectivity index (χ4v) is 6.73. The Bertz CT molecular complexity index is 2490. The first-order chi connectivity index (χ1) is 23.5. The first-order valence-electron chi connectivity index (χ1n) is 17.0. The Hall–Kier alpha value is -5.68. The summed E-state index contributed by atoms with van der Waals surface area (Å²) < 4.78 is 13.6. The lowest BCUT2D eigenvalue weighted by Crippen LogP contribution is -2.12. The molecule has 0 fully saturated rings. The van der Waals surface area contributed by atoms with Crippen molar-refractivity contribution in [2.45, 2.75) is 52.4 Å². The minimum absolute atomic E-state index is 0.00586. The maximum Gasteiger partial charge on any atom is 0.168 e. The number of imidazole rings is 1. The van der Waals surface area contributed by atoms with Crippen molar-refractivity contribution in [1.29, 1.82) is 0 Å². The molecule has 0 aliphatic carbocycles. The van der Waals surface area contributed by atoms with Crippen LogP contribution < -0.4 is 4.74 Å². The molecule has 0 amide bonds. The van der Waals surface area contributed by atoms with Gasteiger partial charge in [0, 0.05) is 47.3 Å². The molecule has 5 aromatic carbocycles. The van der Waals surface area contributed by atoms with Gasteiger partial charge in [-0.15, -0.1) is 0 Å². The number of rotatable bonds is 5. The minimum Gasteiger partial charge on any atom is -0.456 e. The summed E-state index contributed by atoms with van der Waals surface area (Å²) in [5.41, 5.74) is 8.97. The second-order valence-electron chi connectivity index (χ2n) is 14.9. The summed E-state index contributed by atoms with van der Waals surface area (Å²) in [6.45, 7) is 13.5. The summed E-state index contributed by atoms with van der Waals surface area (Å²) in [7, 11) is 0. The quantitative estimate of drug-likeness (QED) is 0.175. The van der Waals surface area contributed by atoms with Gasteiger partial charge in [-0.3, -0.25) is 4.57 Å². The van der Waals surface area contributed by atoms with Crippen LogP contribution in [0.4, 0.5) is 0 Å². The van der Waals surface area contributed by atoms with Crippen LogP contribution in [0.3, 0.4) is 0 Å². The van der Waals surface area contributed by atoms with Crippen molar-refractivity contribution in [3.8, 4) is 28.7 Å². The largest absolute Gasteiger partial charge is 0.456 e. The van der Waals surface area contributed by atoms with Gasteiger partial charge >= 0.3 is 0 Å². The van der Waals surface area contributed by atoms with Gasteiger partial charge in [0.15, 0.2) is 17.4 Å². The van der Waals surface area contributed by atoms with Gasteiger partial charge < -0.3 is 4.74 Å².